The summed E-state index contributed by atoms with van der Waals surface area (Å²) in [5.41, 5.74) is 0.537. The highest BCUT2D eigenvalue weighted by Crippen LogP contribution is 2.25. The minimum absolute atomic E-state index is 0.00660. The molecule has 1 aliphatic heterocycles. The molecule has 0 spiro atoms. The normalized spacial score (nSPS) is 15.2. The van der Waals surface area contributed by atoms with Crippen molar-refractivity contribution < 1.29 is 14.4 Å². The summed E-state index contributed by atoms with van der Waals surface area (Å²) < 4.78 is 0. The van der Waals surface area contributed by atoms with Crippen LogP contribution < -0.4 is 5.32 Å². The summed E-state index contributed by atoms with van der Waals surface area (Å²) in [5.74, 6) is -1.28. The van der Waals surface area contributed by atoms with Gasteiger partial charge in [-0.2, -0.15) is 0 Å². The molecule has 5 nitrogen and oxygen atoms in total. The first-order valence-electron chi connectivity index (χ1n) is 6.39. The van der Waals surface area contributed by atoms with E-state index in [-0.39, 0.29) is 29.6 Å². The molecule has 0 aliphatic carbocycles. The molecule has 1 aromatic carbocycles. The monoisotopic (exact) mass is 294 g/mol. The Morgan fingerprint density at radius 1 is 1.30 bits per heavy atom. The molecular weight excluding hydrogens is 280 g/mol. The van der Waals surface area contributed by atoms with E-state index in [1.165, 1.54) is 12.1 Å². The highest BCUT2D eigenvalue weighted by molar-refractivity contribution is 6.32. The maximum atomic E-state index is 12.1. The minimum Gasteiger partial charge on any atom is -0.352 e. The second-order valence-electron chi connectivity index (χ2n) is 4.76. The summed E-state index contributed by atoms with van der Waals surface area (Å²) >= 11 is 5.82. The van der Waals surface area contributed by atoms with Gasteiger partial charge in [-0.15, -0.1) is 0 Å². The van der Waals surface area contributed by atoms with E-state index < -0.39 is 11.8 Å². The Bertz CT molecular complexity index is 586. The van der Waals surface area contributed by atoms with E-state index in [1.807, 2.05) is 13.8 Å². The Labute approximate surface area is 121 Å². The van der Waals surface area contributed by atoms with Gasteiger partial charge in [0, 0.05) is 11.1 Å². The van der Waals surface area contributed by atoms with Crippen molar-refractivity contribution in [3.63, 3.8) is 0 Å². The van der Waals surface area contributed by atoms with Crippen molar-refractivity contribution in [1.82, 2.24) is 10.2 Å². The lowest BCUT2D eigenvalue weighted by Gasteiger charge is -2.16. The third-order valence-corrected chi connectivity index (χ3v) is 3.49. The number of rotatable bonds is 4. The van der Waals surface area contributed by atoms with Crippen molar-refractivity contribution in [1.29, 1.82) is 0 Å². The lowest BCUT2D eigenvalue weighted by Crippen LogP contribution is -2.43. The molecule has 1 N–H and O–H groups in total. The van der Waals surface area contributed by atoms with E-state index in [9.17, 15) is 14.4 Å². The molecule has 1 aliphatic rings. The van der Waals surface area contributed by atoms with E-state index in [0.29, 0.717) is 5.02 Å². The fourth-order valence-electron chi connectivity index (χ4n) is 1.97. The fraction of sp³-hybridized carbons (Fsp3) is 0.357. The molecule has 3 amide bonds. The van der Waals surface area contributed by atoms with Crippen molar-refractivity contribution in [2.24, 2.45) is 0 Å². The molecule has 1 unspecified atom stereocenters. The van der Waals surface area contributed by atoms with E-state index in [1.54, 1.807) is 6.07 Å². The van der Waals surface area contributed by atoms with Crippen LogP contribution in [-0.4, -0.2) is 35.2 Å². The van der Waals surface area contributed by atoms with Gasteiger partial charge in [0.25, 0.3) is 11.8 Å². The van der Waals surface area contributed by atoms with Gasteiger partial charge in [0.2, 0.25) is 5.91 Å². The number of carbonyl (C=O) groups excluding carboxylic acids is 3. The van der Waals surface area contributed by atoms with Crippen LogP contribution in [0.2, 0.25) is 5.02 Å². The van der Waals surface area contributed by atoms with Crippen molar-refractivity contribution in [3.8, 4) is 0 Å². The highest BCUT2D eigenvalue weighted by Gasteiger charge is 2.36. The van der Waals surface area contributed by atoms with Gasteiger partial charge in [-0.1, -0.05) is 18.5 Å². The number of nitrogens with one attached hydrogen (secondary N) is 1. The molecule has 6 heteroatoms. The molecular formula is C14H15ClN2O3. The van der Waals surface area contributed by atoms with Gasteiger partial charge in [-0.05, 0) is 31.5 Å². The number of fused-ring (bicyclic) bond motifs is 1. The van der Waals surface area contributed by atoms with Gasteiger partial charge in [-0.3, -0.25) is 19.3 Å². The Kier molecular flexibility index (Phi) is 4.09. The largest absolute Gasteiger partial charge is 0.352 e. The number of carbonyl (C=O) groups is 3. The Hall–Kier alpha value is -1.88. The summed E-state index contributed by atoms with van der Waals surface area (Å²) in [4.78, 5) is 36.9. The van der Waals surface area contributed by atoms with E-state index in [0.717, 1.165) is 11.3 Å². The molecule has 1 atom stereocenters. The fourth-order valence-corrected chi connectivity index (χ4v) is 2.14. The van der Waals surface area contributed by atoms with Crippen molar-refractivity contribution >= 4 is 29.3 Å². The van der Waals surface area contributed by atoms with Crippen LogP contribution in [0.5, 0.6) is 0 Å². The quantitative estimate of drug-likeness (QED) is 0.862. The Balaban J connectivity index is 2.14. The van der Waals surface area contributed by atoms with Gasteiger partial charge in [0.15, 0.2) is 0 Å². The Morgan fingerprint density at radius 3 is 2.60 bits per heavy atom. The summed E-state index contributed by atoms with van der Waals surface area (Å²) in [6.45, 7) is 3.53. The minimum atomic E-state index is -0.480. The molecule has 0 saturated carbocycles. The van der Waals surface area contributed by atoms with Crippen LogP contribution in [0, 0.1) is 0 Å². The van der Waals surface area contributed by atoms with Gasteiger partial charge in [0.05, 0.1) is 11.1 Å². The van der Waals surface area contributed by atoms with Crippen LogP contribution in [0.3, 0.4) is 0 Å². The lowest BCUT2D eigenvalue weighted by atomic mass is 10.1. The third-order valence-electron chi connectivity index (χ3n) is 3.25. The number of benzene rings is 1. The second-order valence-corrected chi connectivity index (χ2v) is 5.20. The van der Waals surface area contributed by atoms with E-state index in [2.05, 4.69) is 5.32 Å². The molecule has 0 fully saturated rings. The second kappa shape index (κ2) is 5.63. The number of imide groups is 1. The van der Waals surface area contributed by atoms with Crippen LogP contribution in [0.15, 0.2) is 18.2 Å². The van der Waals surface area contributed by atoms with Gasteiger partial charge in [0.1, 0.15) is 6.54 Å². The molecule has 0 saturated heterocycles. The maximum absolute atomic E-state index is 12.1. The highest BCUT2D eigenvalue weighted by atomic mass is 35.5. The predicted molar refractivity (Wildman–Crippen MR) is 74.7 cm³/mol. The van der Waals surface area contributed by atoms with Crippen LogP contribution in [0.4, 0.5) is 0 Å². The number of hydrogen-bond acceptors (Lipinski definition) is 3. The number of halogens is 1. The number of hydrogen-bond donors (Lipinski definition) is 1. The van der Waals surface area contributed by atoms with E-state index >= 15 is 0 Å². The van der Waals surface area contributed by atoms with Crippen LogP contribution in [0.1, 0.15) is 41.0 Å². The predicted octanol–water partition coefficient (Wildman–Crippen LogP) is 1.85. The number of amides is 3. The SMILES string of the molecule is CCC(C)NC(=O)CN1C(=O)c2ccc(Cl)cc2C1=O. The van der Waals surface area contributed by atoms with Crippen molar-refractivity contribution in [2.75, 3.05) is 6.54 Å². The van der Waals surface area contributed by atoms with Crippen molar-refractivity contribution in [3.05, 3.63) is 34.3 Å². The average Bonchev–Trinajstić information content (AvgIpc) is 2.63. The Morgan fingerprint density at radius 2 is 1.95 bits per heavy atom. The zero-order chi connectivity index (χ0) is 14.9. The number of nitrogens with zero attached hydrogens (tertiary/aromatic N) is 1. The zero-order valence-corrected chi connectivity index (χ0v) is 12.0. The third kappa shape index (κ3) is 2.67. The van der Waals surface area contributed by atoms with E-state index in [4.69, 9.17) is 11.6 Å². The summed E-state index contributed by atoms with van der Waals surface area (Å²) in [6.07, 6.45) is 0.781. The first kappa shape index (κ1) is 14.5. The maximum Gasteiger partial charge on any atom is 0.262 e. The summed E-state index contributed by atoms with van der Waals surface area (Å²) in [7, 11) is 0. The molecule has 0 bridgehead atoms. The first-order valence-corrected chi connectivity index (χ1v) is 6.77. The van der Waals surface area contributed by atoms with Crippen LogP contribution in [-0.2, 0) is 4.79 Å². The van der Waals surface area contributed by atoms with Crippen LogP contribution in [0.25, 0.3) is 0 Å². The molecule has 0 radical (unpaired) electrons. The molecule has 106 valence electrons. The van der Waals surface area contributed by atoms with Crippen LogP contribution >= 0.6 is 11.6 Å². The summed E-state index contributed by atoms with van der Waals surface area (Å²) in [6, 6.07) is 4.51. The van der Waals surface area contributed by atoms with Gasteiger partial charge in [-0.25, -0.2) is 0 Å². The molecule has 20 heavy (non-hydrogen) atoms. The smallest absolute Gasteiger partial charge is 0.262 e. The average molecular weight is 295 g/mol. The van der Waals surface area contributed by atoms with Gasteiger partial charge >= 0.3 is 0 Å². The molecule has 0 aromatic heterocycles. The molecule has 2 rings (SSSR count). The standard InChI is InChI=1S/C14H15ClN2O3/c1-3-8(2)16-12(18)7-17-13(19)10-5-4-9(15)6-11(10)14(17)20/h4-6,8H,3,7H2,1-2H3,(H,16,18). The van der Waals surface area contributed by atoms with Gasteiger partial charge < -0.3 is 5.32 Å². The molecule has 1 heterocycles. The summed E-state index contributed by atoms with van der Waals surface area (Å²) in [5, 5.41) is 3.11. The molecule has 1 aromatic rings. The first-order chi connectivity index (χ1) is 9.43. The zero-order valence-electron chi connectivity index (χ0n) is 11.3. The lowest BCUT2D eigenvalue weighted by molar-refractivity contribution is -0.122. The topological polar surface area (TPSA) is 66.5 Å². The van der Waals surface area contributed by atoms with Crippen molar-refractivity contribution in [2.45, 2.75) is 26.3 Å².